The highest BCUT2D eigenvalue weighted by molar-refractivity contribution is 7.11. The summed E-state index contributed by atoms with van der Waals surface area (Å²) in [7, 11) is 0. The standard InChI is InChI=1S/C18H24N4OS/c1-13-11-19-17(24-13)12-20-18(23)21-14(2)15-6-5-7-16(10-15)22-8-3-4-9-22/h5-7,10-11,14H,3-4,8-9,12H2,1-2H3,(H2,20,21,23)/t14-/m0/s1. The van der Waals surface area contributed by atoms with E-state index >= 15 is 0 Å². The molecule has 1 aliphatic heterocycles. The molecule has 1 fully saturated rings. The minimum atomic E-state index is -0.165. The van der Waals surface area contributed by atoms with Gasteiger partial charge in [-0.2, -0.15) is 0 Å². The van der Waals surface area contributed by atoms with Crippen molar-refractivity contribution >= 4 is 23.1 Å². The van der Waals surface area contributed by atoms with Crippen LogP contribution < -0.4 is 15.5 Å². The minimum Gasteiger partial charge on any atom is -0.372 e. The van der Waals surface area contributed by atoms with E-state index in [0.717, 1.165) is 28.5 Å². The van der Waals surface area contributed by atoms with Crippen LogP contribution in [0.3, 0.4) is 0 Å². The van der Waals surface area contributed by atoms with Crippen LogP contribution in [0, 0.1) is 6.92 Å². The minimum absolute atomic E-state index is 0.0365. The average molecular weight is 344 g/mol. The first-order chi connectivity index (χ1) is 11.6. The molecule has 0 aliphatic carbocycles. The van der Waals surface area contributed by atoms with E-state index in [4.69, 9.17) is 0 Å². The third kappa shape index (κ3) is 4.26. The van der Waals surface area contributed by atoms with Crippen LogP contribution in [0.15, 0.2) is 30.5 Å². The zero-order valence-electron chi connectivity index (χ0n) is 14.2. The van der Waals surface area contributed by atoms with Gasteiger partial charge in [-0.05, 0) is 44.4 Å². The zero-order chi connectivity index (χ0) is 16.9. The van der Waals surface area contributed by atoms with Gasteiger partial charge >= 0.3 is 6.03 Å². The lowest BCUT2D eigenvalue weighted by Gasteiger charge is -2.20. The molecule has 0 radical (unpaired) electrons. The summed E-state index contributed by atoms with van der Waals surface area (Å²) in [5.74, 6) is 0. The quantitative estimate of drug-likeness (QED) is 0.871. The Hall–Kier alpha value is -2.08. The Morgan fingerprint density at radius 1 is 1.38 bits per heavy atom. The highest BCUT2D eigenvalue weighted by Crippen LogP contribution is 2.23. The highest BCUT2D eigenvalue weighted by atomic mass is 32.1. The predicted octanol–water partition coefficient (Wildman–Crippen LogP) is 3.61. The number of rotatable bonds is 5. The molecule has 6 heteroatoms. The van der Waals surface area contributed by atoms with E-state index in [0.29, 0.717) is 6.54 Å². The summed E-state index contributed by atoms with van der Waals surface area (Å²) in [5, 5.41) is 6.79. The molecule has 2 aromatic rings. The smallest absolute Gasteiger partial charge is 0.315 e. The SMILES string of the molecule is Cc1cnc(CNC(=O)N[C@@H](C)c2cccc(N3CCCC3)c2)s1. The van der Waals surface area contributed by atoms with Crippen molar-refractivity contribution in [2.45, 2.75) is 39.3 Å². The molecule has 1 aromatic carbocycles. The van der Waals surface area contributed by atoms with E-state index in [1.54, 1.807) is 11.3 Å². The van der Waals surface area contributed by atoms with Crippen LogP contribution in [0.25, 0.3) is 0 Å². The van der Waals surface area contributed by atoms with E-state index < -0.39 is 0 Å². The number of amides is 2. The number of nitrogens with one attached hydrogen (secondary N) is 2. The maximum atomic E-state index is 12.1. The summed E-state index contributed by atoms with van der Waals surface area (Å²) >= 11 is 1.60. The summed E-state index contributed by atoms with van der Waals surface area (Å²) in [4.78, 5) is 19.9. The number of aromatic nitrogens is 1. The van der Waals surface area contributed by atoms with Crippen LogP contribution >= 0.6 is 11.3 Å². The fourth-order valence-electron chi connectivity index (χ4n) is 2.94. The van der Waals surface area contributed by atoms with Gasteiger partial charge in [0.1, 0.15) is 5.01 Å². The second kappa shape index (κ2) is 7.66. The van der Waals surface area contributed by atoms with Crippen molar-refractivity contribution in [3.05, 3.63) is 45.9 Å². The second-order valence-electron chi connectivity index (χ2n) is 6.20. The molecule has 0 bridgehead atoms. The number of nitrogens with zero attached hydrogens (tertiary/aromatic N) is 2. The number of urea groups is 1. The average Bonchev–Trinajstić information content (AvgIpc) is 3.24. The van der Waals surface area contributed by atoms with Crippen molar-refractivity contribution < 1.29 is 4.79 Å². The number of anilines is 1. The van der Waals surface area contributed by atoms with Crippen LogP contribution in [-0.4, -0.2) is 24.1 Å². The van der Waals surface area contributed by atoms with E-state index in [-0.39, 0.29) is 12.1 Å². The molecule has 2 amide bonds. The number of hydrogen-bond acceptors (Lipinski definition) is 4. The molecule has 0 spiro atoms. The normalized spacial score (nSPS) is 15.3. The number of carbonyl (C=O) groups excluding carboxylic acids is 1. The first-order valence-electron chi connectivity index (χ1n) is 8.42. The van der Waals surface area contributed by atoms with Gasteiger partial charge in [-0.25, -0.2) is 9.78 Å². The summed E-state index contributed by atoms with van der Waals surface area (Å²) in [5.41, 5.74) is 2.37. The molecule has 0 unspecified atom stereocenters. The third-order valence-corrected chi connectivity index (χ3v) is 5.17. The molecular formula is C18H24N4OS. The van der Waals surface area contributed by atoms with Crippen molar-refractivity contribution in [3.63, 3.8) is 0 Å². The third-order valence-electron chi connectivity index (χ3n) is 4.26. The van der Waals surface area contributed by atoms with Gasteiger partial charge in [0.15, 0.2) is 0 Å². The summed E-state index contributed by atoms with van der Waals surface area (Å²) in [6.07, 6.45) is 4.35. The Bertz CT molecular complexity index is 694. The molecule has 1 atom stereocenters. The second-order valence-corrected chi connectivity index (χ2v) is 7.52. The Balaban J connectivity index is 1.54. The lowest BCUT2D eigenvalue weighted by molar-refractivity contribution is 0.237. The number of thiazole rings is 1. The first-order valence-corrected chi connectivity index (χ1v) is 9.24. The number of hydrogen-bond donors (Lipinski definition) is 2. The van der Waals surface area contributed by atoms with Crippen LogP contribution in [0.4, 0.5) is 10.5 Å². The van der Waals surface area contributed by atoms with Crippen LogP contribution in [0.5, 0.6) is 0 Å². The molecule has 2 N–H and O–H groups in total. The molecule has 0 saturated carbocycles. The van der Waals surface area contributed by atoms with Crippen LogP contribution in [0.2, 0.25) is 0 Å². The number of benzene rings is 1. The van der Waals surface area contributed by atoms with Gasteiger partial charge in [-0.1, -0.05) is 12.1 Å². The molecule has 1 aliphatic rings. The lowest BCUT2D eigenvalue weighted by Crippen LogP contribution is -2.36. The Labute approximate surface area is 147 Å². The van der Waals surface area contributed by atoms with E-state index in [2.05, 4.69) is 44.8 Å². The maximum absolute atomic E-state index is 12.1. The molecule has 3 rings (SSSR count). The van der Waals surface area contributed by atoms with Gasteiger partial charge < -0.3 is 15.5 Å². The Morgan fingerprint density at radius 3 is 2.88 bits per heavy atom. The lowest BCUT2D eigenvalue weighted by atomic mass is 10.1. The topological polar surface area (TPSA) is 57.3 Å². The summed E-state index contributed by atoms with van der Waals surface area (Å²) < 4.78 is 0. The molecule has 128 valence electrons. The fraction of sp³-hybridized carbons (Fsp3) is 0.444. The fourth-order valence-corrected chi connectivity index (χ4v) is 3.66. The van der Waals surface area contributed by atoms with Gasteiger partial charge in [0.2, 0.25) is 0 Å². The number of carbonyl (C=O) groups is 1. The van der Waals surface area contributed by atoms with E-state index in [1.165, 1.54) is 18.5 Å². The van der Waals surface area contributed by atoms with Gasteiger partial charge in [0.25, 0.3) is 0 Å². The van der Waals surface area contributed by atoms with E-state index in [1.807, 2.05) is 20.0 Å². The molecular weight excluding hydrogens is 320 g/mol. The molecule has 1 aromatic heterocycles. The predicted molar refractivity (Wildman–Crippen MR) is 98.5 cm³/mol. The highest BCUT2D eigenvalue weighted by Gasteiger charge is 2.15. The molecule has 5 nitrogen and oxygen atoms in total. The molecule has 2 heterocycles. The van der Waals surface area contributed by atoms with Crippen LogP contribution in [0.1, 0.15) is 41.3 Å². The van der Waals surface area contributed by atoms with Crippen molar-refractivity contribution in [1.82, 2.24) is 15.6 Å². The Kier molecular flexibility index (Phi) is 5.35. The van der Waals surface area contributed by atoms with Crippen molar-refractivity contribution in [2.75, 3.05) is 18.0 Å². The van der Waals surface area contributed by atoms with E-state index in [9.17, 15) is 4.79 Å². The van der Waals surface area contributed by atoms with Gasteiger partial charge in [0, 0.05) is 29.9 Å². The van der Waals surface area contributed by atoms with Crippen LogP contribution in [-0.2, 0) is 6.54 Å². The van der Waals surface area contributed by atoms with Crippen molar-refractivity contribution in [2.24, 2.45) is 0 Å². The summed E-state index contributed by atoms with van der Waals surface area (Å²) in [6, 6.07) is 8.26. The molecule has 1 saturated heterocycles. The maximum Gasteiger partial charge on any atom is 0.315 e. The monoisotopic (exact) mass is 344 g/mol. The number of aryl methyl sites for hydroxylation is 1. The van der Waals surface area contributed by atoms with Gasteiger partial charge in [0.05, 0.1) is 12.6 Å². The van der Waals surface area contributed by atoms with Crippen molar-refractivity contribution in [3.8, 4) is 0 Å². The largest absolute Gasteiger partial charge is 0.372 e. The van der Waals surface area contributed by atoms with Gasteiger partial charge in [-0.3, -0.25) is 0 Å². The summed E-state index contributed by atoms with van der Waals surface area (Å²) in [6.45, 7) is 6.73. The molecule has 24 heavy (non-hydrogen) atoms. The zero-order valence-corrected chi connectivity index (χ0v) is 15.0. The Morgan fingerprint density at radius 2 is 2.17 bits per heavy atom. The van der Waals surface area contributed by atoms with Gasteiger partial charge in [-0.15, -0.1) is 11.3 Å². The van der Waals surface area contributed by atoms with Crippen molar-refractivity contribution in [1.29, 1.82) is 0 Å². The first kappa shape index (κ1) is 16.8.